The molecule has 1 saturated heterocycles. The van der Waals surface area contributed by atoms with Crippen LogP contribution in [0.5, 0.6) is 0 Å². The summed E-state index contributed by atoms with van der Waals surface area (Å²) in [6.07, 6.45) is 3.86. The second-order valence-electron chi connectivity index (χ2n) is 2.57. The van der Waals surface area contributed by atoms with E-state index in [1.165, 1.54) is 0 Å². The second kappa shape index (κ2) is 3.94. The van der Waals surface area contributed by atoms with Crippen molar-refractivity contribution in [2.75, 3.05) is 13.2 Å². The molecule has 0 amide bonds. The molecule has 1 rings (SSSR count). The van der Waals surface area contributed by atoms with E-state index in [0.717, 1.165) is 19.6 Å². The predicted molar refractivity (Wildman–Crippen MR) is 39.7 cm³/mol. The van der Waals surface area contributed by atoms with Gasteiger partial charge in [0.05, 0.1) is 19.3 Å². The fourth-order valence-electron chi connectivity index (χ4n) is 0.845. The van der Waals surface area contributed by atoms with Gasteiger partial charge in [0.15, 0.2) is 0 Å². The van der Waals surface area contributed by atoms with Crippen LogP contribution in [-0.4, -0.2) is 25.4 Å². The molecule has 1 aliphatic rings. The number of hydrogen-bond donors (Lipinski definition) is 0. The maximum Gasteiger partial charge on any atom is 0.104 e. The lowest BCUT2D eigenvalue weighted by Gasteiger charge is -2.11. The molecule has 59 valence electrons. The Hall–Kier alpha value is -0.0800. The van der Waals surface area contributed by atoms with Gasteiger partial charge in [-0.05, 0) is 12.8 Å². The van der Waals surface area contributed by atoms with Gasteiger partial charge >= 0.3 is 0 Å². The van der Waals surface area contributed by atoms with Crippen LogP contribution < -0.4 is 0 Å². The van der Waals surface area contributed by atoms with E-state index in [2.05, 4.69) is 13.3 Å². The van der Waals surface area contributed by atoms with E-state index in [9.17, 15) is 0 Å². The van der Waals surface area contributed by atoms with Crippen molar-refractivity contribution in [3.63, 3.8) is 0 Å². The molecule has 10 heavy (non-hydrogen) atoms. The Labute approximate surface area is 62.5 Å². The van der Waals surface area contributed by atoms with Gasteiger partial charge < -0.3 is 9.47 Å². The average Bonchev–Trinajstić information content (AvgIpc) is 2.74. The van der Waals surface area contributed by atoms with E-state index < -0.39 is 0 Å². The number of hydrogen-bond acceptors (Lipinski definition) is 2. The minimum atomic E-state index is 0.323. The first-order valence-electron chi connectivity index (χ1n) is 3.89. The van der Waals surface area contributed by atoms with Crippen LogP contribution in [0.4, 0.5) is 0 Å². The highest BCUT2D eigenvalue weighted by Crippen LogP contribution is 2.11. The van der Waals surface area contributed by atoms with E-state index in [1.807, 2.05) is 6.92 Å². The molecule has 0 aliphatic carbocycles. The molecule has 0 spiro atoms. The van der Waals surface area contributed by atoms with E-state index >= 15 is 0 Å². The third kappa shape index (κ3) is 2.67. The Morgan fingerprint density at radius 1 is 1.80 bits per heavy atom. The van der Waals surface area contributed by atoms with Gasteiger partial charge in [-0.2, -0.15) is 0 Å². The van der Waals surface area contributed by atoms with Crippen molar-refractivity contribution >= 4 is 0 Å². The molecule has 1 aliphatic heterocycles. The van der Waals surface area contributed by atoms with Crippen LogP contribution in [0.3, 0.4) is 0 Å². The minimum Gasteiger partial charge on any atom is -0.375 e. The molecule has 0 bridgehead atoms. The van der Waals surface area contributed by atoms with E-state index in [4.69, 9.17) is 9.47 Å². The Morgan fingerprint density at radius 2 is 2.50 bits per heavy atom. The maximum absolute atomic E-state index is 5.48. The number of epoxide rings is 1. The van der Waals surface area contributed by atoms with E-state index in [1.54, 1.807) is 0 Å². The van der Waals surface area contributed by atoms with Gasteiger partial charge in [0.25, 0.3) is 0 Å². The van der Waals surface area contributed by atoms with Crippen LogP contribution in [0, 0.1) is 6.42 Å². The molecule has 0 aromatic heterocycles. The van der Waals surface area contributed by atoms with Gasteiger partial charge in [0, 0.05) is 0 Å². The third-order valence-electron chi connectivity index (χ3n) is 1.67. The molecule has 2 atom stereocenters. The zero-order valence-corrected chi connectivity index (χ0v) is 6.67. The molecule has 0 saturated carbocycles. The van der Waals surface area contributed by atoms with Crippen LogP contribution in [0.1, 0.15) is 20.3 Å². The summed E-state index contributed by atoms with van der Waals surface area (Å²) in [5.41, 5.74) is 0. The van der Waals surface area contributed by atoms with E-state index in [0.29, 0.717) is 12.2 Å². The van der Waals surface area contributed by atoms with Gasteiger partial charge in [-0.15, -0.1) is 0 Å². The van der Waals surface area contributed by atoms with Crippen molar-refractivity contribution in [3.05, 3.63) is 6.42 Å². The molecular weight excluding hydrogens is 128 g/mol. The first-order chi connectivity index (χ1) is 4.86. The summed E-state index contributed by atoms with van der Waals surface area (Å²) < 4.78 is 10.5. The second-order valence-corrected chi connectivity index (χ2v) is 2.57. The minimum absolute atomic E-state index is 0.323. The zero-order chi connectivity index (χ0) is 7.40. The Morgan fingerprint density at radius 3 is 2.90 bits per heavy atom. The monoisotopic (exact) mass is 143 g/mol. The van der Waals surface area contributed by atoms with Gasteiger partial charge in [-0.25, -0.2) is 0 Å². The lowest BCUT2D eigenvalue weighted by molar-refractivity contribution is 0.0606. The first kappa shape index (κ1) is 8.02. The van der Waals surface area contributed by atoms with Crippen LogP contribution in [0.25, 0.3) is 0 Å². The van der Waals surface area contributed by atoms with Crippen LogP contribution in [0.15, 0.2) is 0 Å². The quantitative estimate of drug-likeness (QED) is 0.543. The summed E-state index contributed by atoms with van der Waals surface area (Å²) in [6.45, 7) is 5.81. The summed E-state index contributed by atoms with van der Waals surface area (Å²) in [6, 6.07) is 0. The van der Waals surface area contributed by atoms with Crippen molar-refractivity contribution in [2.45, 2.75) is 32.5 Å². The standard InChI is InChI=1S/C8H15O2/c1-3-7(4-2)9-5-8-6-10-8/h3,7-8H,4-6H2,1-2H3. The summed E-state index contributed by atoms with van der Waals surface area (Å²) in [5, 5.41) is 0. The van der Waals surface area contributed by atoms with Gasteiger partial charge in [0.1, 0.15) is 6.10 Å². The van der Waals surface area contributed by atoms with Gasteiger partial charge in [-0.1, -0.05) is 13.8 Å². The Kier molecular flexibility index (Phi) is 3.16. The lowest BCUT2D eigenvalue weighted by Crippen LogP contribution is -2.14. The number of ether oxygens (including phenoxy) is 2. The molecule has 1 heterocycles. The largest absolute Gasteiger partial charge is 0.375 e. The van der Waals surface area contributed by atoms with Crippen LogP contribution in [0.2, 0.25) is 0 Å². The maximum atomic E-state index is 5.48. The highest BCUT2D eigenvalue weighted by molar-refractivity contribution is 4.73. The molecule has 2 heteroatoms. The Bertz CT molecular complexity index is 85.3. The van der Waals surface area contributed by atoms with Crippen molar-refractivity contribution in [1.82, 2.24) is 0 Å². The van der Waals surface area contributed by atoms with E-state index in [-0.39, 0.29) is 0 Å². The normalized spacial score (nSPS) is 23.7. The van der Waals surface area contributed by atoms with Gasteiger partial charge in [-0.3, -0.25) is 0 Å². The lowest BCUT2D eigenvalue weighted by atomic mass is 10.2. The van der Waals surface area contributed by atoms with Crippen molar-refractivity contribution < 1.29 is 9.47 Å². The fourth-order valence-corrected chi connectivity index (χ4v) is 0.845. The molecule has 0 aromatic carbocycles. The first-order valence-corrected chi connectivity index (χ1v) is 3.89. The average molecular weight is 143 g/mol. The molecule has 1 fully saturated rings. The predicted octanol–water partition coefficient (Wildman–Crippen LogP) is 1.40. The van der Waals surface area contributed by atoms with Gasteiger partial charge in [0.2, 0.25) is 0 Å². The summed E-state index contributed by atoms with van der Waals surface area (Å²) in [7, 11) is 0. The molecular formula is C8H15O2. The molecule has 0 aromatic rings. The fraction of sp³-hybridized carbons (Fsp3) is 0.875. The van der Waals surface area contributed by atoms with Crippen LogP contribution in [-0.2, 0) is 9.47 Å². The molecule has 1 radical (unpaired) electrons. The smallest absolute Gasteiger partial charge is 0.104 e. The third-order valence-corrected chi connectivity index (χ3v) is 1.67. The highest BCUT2D eigenvalue weighted by Gasteiger charge is 2.23. The van der Waals surface area contributed by atoms with Crippen molar-refractivity contribution in [3.8, 4) is 0 Å². The summed E-state index contributed by atoms with van der Waals surface area (Å²) in [4.78, 5) is 0. The SMILES string of the molecule is C[CH]C(CC)OCC1CO1. The molecule has 2 unspecified atom stereocenters. The van der Waals surface area contributed by atoms with Crippen molar-refractivity contribution in [1.29, 1.82) is 0 Å². The topological polar surface area (TPSA) is 21.8 Å². The molecule has 2 nitrogen and oxygen atoms in total. The van der Waals surface area contributed by atoms with Crippen LogP contribution >= 0.6 is 0 Å². The van der Waals surface area contributed by atoms with Crippen molar-refractivity contribution in [2.24, 2.45) is 0 Å². The zero-order valence-electron chi connectivity index (χ0n) is 6.67. The molecule has 0 N–H and O–H groups in total. The highest BCUT2D eigenvalue weighted by atomic mass is 16.6. The summed E-state index contributed by atoms with van der Waals surface area (Å²) >= 11 is 0. The number of rotatable bonds is 5. The summed E-state index contributed by atoms with van der Waals surface area (Å²) in [5.74, 6) is 0. The Balaban J connectivity index is 1.97.